The zero-order chi connectivity index (χ0) is 19.6. The highest BCUT2D eigenvalue weighted by molar-refractivity contribution is 8.15. The van der Waals surface area contributed by atoms with Gasteiger partial charge in [-0.25, -0.2) is 9.38 Å². The van der Waals surface area contributed by atoms with Crippen LogP contribution in [0.15, 0.2) is 41.4 Å². The van der Waals surface area contributed by atoms with E-state index in [0.717, 1.165) is 16.8 Å². The van der Waals surface area contributed by atoms with Crippen LogP contribution in [0.3, 0.4) is 0 Å². The first-order valence-corrected chi connectivity index (χ1v) is 9.40. The minimum Gasteiger partial charge on any atom is -0.326 e. The SMILES string of the molecule is Cc1ccc(N=C2NC(=O)[C@@H](CC(=O)Nc3c(C)cccc3C)S2)cc1F. The summed E-state index contributed by atoms with van der Waals surface area (Å²) in [7, 11) is 0. The maximum atomic E-state index is 13.6. The van der Waals surface area contributed by atoms with E-state index in [4.69, 9.17) is 0 Å². The number of aliphatic imine (C=N–C) groups is 1. The van der Waals surface area contributed by atoms with Crippen molar-refractivity contribution in [3.05, 3.63) is 58.9 Å². The normalized spacial score (nSPS) is 17.9. The average molecular weight is 385 g/mol. The minimum atomic E-state index is -0.566. The first-order valence-electron chi connectivity index (χ1n) is 8.52. The van der Waals surface area contributed by atoms with Crippen LogP contribution in [0.1, 0.15) is 23.1 Å². The molecule has 1 saturated heterocycles. The topological polar surface area (TPSA) is 70.6 Å². The Labute approximate surface area is 161 Å². The Balaban J connectivity index is 1.66. The molecule has 2 N–H and O–H groups in total. The molecule has 0 spiro atoms. The highest BCUT2D eigenvalue weighted by Crippen LogP contribution is 2.27. The van der Waals surface area contributed by atoms with Crippen molar-refractivity contribution in [2.75, 3.05) is 5.32 Å². The maximum absolute atomic E-state index is 13.6. The fourth-order valence-corrected chi connectivity index (χ4v) is 3.72. The van der Waals surface area contributed by atoms with Gasteiger partial charge in [-0.15, -0.1) is 0 Å². The predicted molar refractivity (Wildman–Crippen MR) is 107 cm³/mol. The van der Waals surface area contributed by atoms with Crippen molar-refractivity contribution in [2.24, 2.45) is 4.99 Å². The van der Waals surface area contributed by atoms with Crippen LogP contribution in [0.4, 0.5) is 15.8 Å². The van der Waals surface area contributed by atoms with E-state index in [2.05, 4.69) is 15.6 Å². The van der Waals surface area contributed by atoms with Gasteiger partial charge in [-0.2, -0.15) is 0 Å². The number of thioether (sulfide) groups is 1. The molecule has 140 valence electrons. The molecule has 2 amide bonds. The van der Waals surface area contributed by atoms with Crippen molar-refractivity contribution >= 4 is 40.1 Å². The number of carbonyl (C=O) groups is 2. The maximum Gasteiger partial charge on any atom is 0.240 e. The Morgan fingerprint density at radius 2 is 1.89 bits per heavy atom. The molecule has 0 saturated carbocycles. The quantitative estimate of drug-likeness (QED) is 0.836. The number of aryl methyl sites for hydroxylation is 3. The molecule has 1 aliphatic heterocycles. The van der Waals surface area contributed by atoms with Gasteiger partial charge in [0.25, 0.3) is 0 Å². The van der Waals surface area contributed by atoms with Gasteiger partial charge in [-0.05, 0) is 49.6 Å². The summed E-state index contributed by atoms with van der Waals surface area (Å²) in [6.45, 7) is 5.51. The molecule has 1 aliphatic rings. The standard InChI is InChI=1S/C20H20FN3O2S/c1-11-7-8-14(9-15(11)21)22-20-24-19(26)16(27-20)10-17(25)23-18-12(2)5-4-6-13(18)3/h4-9,16H,10H2,1-3H3,(H,23,25)(H,22,24,26)/t16-/m1/s1. The Bertz CT molecular complexity index is 923. The summed E-state index contributed by atoms with van der Waals surface area (Å²) < 4.78 is 13.6. The van der Waals surface area contributed by atoms with Gasteiger partial charge >= 0.3 is 0 Å². The Kier molecular flexibility index (Phi) is 5.60. The Morgan fingerprint density at radius 3 is 2.56 bits per heavy atom. The second-order valence-electron chi connectivity index (χ2n) is 6.47. The fourth-order valence-electron chi connectivity index (χ4n) is 2.73. The van der Waals surface area contributed by atoms with E-state index >= 15 is 0 Å². The van der Waals surface area contributed by atoms with Crippen LogP contribution in [0.5, 0.6) is 0 Å². The fraction of sp³-hybridized carbons (Fsp3) is 0.250. The molecule has 3 rings (SSSR count). The van der Waals surface area contributed by atoms with Gasteiger partial charge in [0.2, 0.25) is 11.8 Å². The second-order valence-corrected chi connectivity index (χ2v) is 7.66. The van der Waals surface area contributed by atoms with E-state index in [9.17, 15) is 14.0 Å². The number of amides is 2. The number of halogens is 1. The number of benzene rings is 2. The van der Waals surface area contributed by atoms with E-state index in [1.165, 1.54) is 17.8 Å². The number of hydrogen-bond donors (Lipinski definition) is 2. The summed E-state index contributed by atoms with van der Waals surface area (Å²) in [4.78, 5) is 28.8. The molecule has 1 fully saturated rings. The Hall–Kier alpha value is -2.67. The molecule has 1 atom stereocenters. The number of hydrogen-bond acceptors (Lipinski definition) is 4. The highest BCUT2D eigenvalue weighted by Gasteiger charge is 2.32. The lowest BCUT2D eigenvalue weighted by atomic mass is 10.1. The first kappa shape index (κ1) is 19.1. The van der Waals surface area contributed by atoms with Gasteiger partial charge in [-0.3, -0.25) is 9.59 Å². The smallest absolute Gasteiger partial charge is 0.240 e. The van der Waals surface area contributed by atoms with E-state index < -0.39 is 5.25 Å². The largest absolute Gasteiger partial charge is 0.326 e. The molecule has 0 bridgehead atoms. The highest BCUT2D eigenvalue weighted by atomic mass is 32.2. The van der Waals surface area contributed by atoms with Crippen LogP contribution in [0, 0.1) is 26.6 Å². The van der Waals surface area contributed by atoms with Crippen LogP contribution in [0.2, 0.25) is 0 Å². The monoisotopic (exact) mass is 385 g/mol. The van der Waals surface area contributed by atoms with Crippen molar-refractivity contribution in [2.45, 2.75) is 32.4 Å². The molecule has 2 aromatic carbocycles. The predicted octanol–water partition coefficient (Wildman–Crippen LogP) is 4.00. The molecule has 7 heteroatoms. The molecule has 1 heterocycles. The van der Waals surface area contributed by atoms with Crippen molar-refractivity contribution < 1.29 is 14.0 Å². The number of rotatable bonds is 4. The third-order valence-corrected chi connectivity index (χ3v) is 5.36. The van der Waals surface area contributed by atoms with Gasteiger partial charge < -0.3 is 10.6 Å². The zero-order valence-corrected chi connectivity index (χ0v) is 16.1. The summed E-state index contributed by atoms with van der Waals surface area (Å²) in [5.74, 6) is -0.860. The van der Waals surface area contributed by atoms with Crippen molar-refractivity contribution in [3.63, 3.8) is 0 Å². The third-order valence-electron chi connectivity index (χ3n) is 4.28. The van der Waals surface area contributed by atoms with E-state index in [1.54, 1.807) is 19.1 Å². The third kappa shape index (κ3) is 4.54. The molecule has 0 unspecified atom stereocenters. The summed E-state index contributed by atoms with van der Waals surface area (Å²) in [5, 5.41) is 5.33. The van der Waals surface area contributed by atoms with Gasteiger partial charge in [0.15, 0.2) is 5.17 Å². The van der Waals surface area contributed by atoms with Gasteiger partial charge in [0.1, 0.15) is 11.1 Å². The van der Waals surface area contributed by atoms with Gasteiger partial charge in [-0.1, -0.05) is 36.0 Å². The summed E-state index contributed by atoms with van der Waals surface area (Å²) in [6.07, 6.45) is 0.0333. The zero-order valence-electron chi connectivity index (χ0n) is 15.3. The molecular formula is C20H20FN3O2S. The first-order chi connectivity index (χ1) is 12.8. The van der Waals surface area contributed by atoms with Crippen LogP contribution in [-0.4, -0.2) is 22.2 Å². The Morgan fingerprint density at radius 1 is 1.19 bits per heavy atom. The number of nitrogens with one attached hydrogen (secondary N) is 2. The van der Waals surface area contributed by atoms with Crippen LogP contribution in [0.25, 0.3) is 0 Å². The molecule has 0 aliphatic carbocycles. The van der Waals surface area contributed by atoms with Crippen LogP contribution >= 0.6 is 11.8 Å². The molecular weight excluding hydrogens is 365 g/mol. The van der Waals surface area contributed by atoms with Crippen molar-refractivity contribution in [1.82, 2.24) is 5.32 Å². The number of carbonyl (C=O) groups excluding carboxylic acids is 2. The number of amidine groups is 1. The molecule has 2 aromatic rings. The van der Waals surface area contributed by atoms with E-state index in [-0.39, 0.29) is 24.1 Å². The number of para-hydroxylation sites is 1. The molecule has 5 nitrogen and oxygen atoms in total. The molecule has 0 radical (unpaired) electrons. The van der Waals surface area contributed by atoms with Crippen molar-refractivity contribution in [3.8, 4) is 0 Å². The lowest BCUT2D eigenvalue weighted by Crippen LogP contribution is -2.28. The molecule has 0 aromatic heterocycles. The minimum absolute atomic E-state index is 0.0333. The summed E-state index contributed by atoms with van der Waals surface area (Å²) >= 11 is 1.18. The van der Waals surface area contributed by atoms with Crippen LogP contribution in [-0.2, 0) is 9.59 Å². The van der Waals surface area contributed by atoms with Crippen LogP contribution < -0.4 is 10.6 Å². The summed E-state index contributed by atoms with van der Waals surface area (Å²) in [6, 6.07) is 10.4. The van der Waals surface area contributed by atoms with E-state index in [0.29, 0.717) is 16.4 Å². The lowest BCUT2D eigenvalue weighted by Gasteiger charge is -2.12. The average Bonchev–Trinajstić information content (AvgIpc) is 2.94. The van der Waals surface area contributed by atoms with E-state index in [1.807, 2.05) is 32.0 Å². The second kappa shape index (κ2) is 7.92. The van der Waals surface area contributed by atoms with Gasteiger partial charge in [0, 0.05) is 12.1 Å². The van der Waals surface area contributed by atoms with Gasteiger partial charge in [0.05, 0.1) is 5.69 Å². The summed E-state index contributed by atoms with van der Waals surface area (Å²) in [5.41, 5.74) is 3.66. The number of nitrogens with zero attached hydrogens (tertiary/aromatic N) is 1. The lowest BCUT2D eigenvalue weighted by molar-refractivity contribution is -0.122. The van der Waals surface area contributed by atoms with Crippen molar-refractivity contribution in [1.29, 1.82) is 0 Å². The number of anilines is 1. The molecule has 27 heavy (non-hydrogen) atoms.